The van der Waals surface area contributed by atoms with Crippen molar-refractivity contribution in [3.8, 4) is 0 Å². The zero-order chi connectivity index (χ0) is 8.55. The number of anilines is 1. The van der Waals surface area contributed by atoms with Crippen LogP contribution in [0.15, 0.2) is 17.0 Å². The van der Waals surface area contributed by atoms with Crippen molar-refractivity contribution in [2.75, 3.05) is 17.6 Å². The number of hydrogen-bond acceptors (Lipinski definition) is 2. The van der Waals surface area contributed by atoms with Crippen molar-refractivity contribution in [2.45, 2.75) is 18.7 Å². The molecule has 1 N–H and O–H groups in total. The summed E-state index contributed by atoms with van der Waals surface area (Å²) >= 11 is 1.96. The molecule has 12 heavy (non-hydrogen) atoms. The number of thioether (sulfide) groups is 1. The van der Waals surface area contributed by atoms with Gasteiger partial charge in [0.05, 0.1) is 0 Å². The summed E-state index contributed by atoms with van der Waals surface area (Å²) < 4.78 is 0. The summed E-state index contributed by atoms with van der Waals surface area (Å²) in [5.41, 5.74) is 4.08. The quantitative estimate of drug-likeness (QED) is 0.657. The normalized spacial score (nSPS) is 15.2. The molecular formula is C10H13NS. The summed E-state index contributed by atoms with van der Waals surface area (Å²) in [5.74, 6) is 1.19. The molecule has 64 valence electrons. The van der Waals surface area contributed by atoms with Crippen LogP contribution in [0.1, 0.15) is 11.1 Å². The van der Waals surface area contributed by atoms with Crippen LogP contribution in [0.5, 0.6) is 0 Å². The summed E-state index contributed by atoms with van der Waals surface area (Å²) in [6.07, 6.45) is 0. The minimum atomic E-state index is 1.10. The summed E-state index contributed by atoms with van der Waals surface area (Å²) in [6.45, 7) is 5.43. The Morgan fingerprint density at radius 1 is 1.33 bits per heavy atom. The zero-order valence-corrected chi connectivity index (χ0v) is 8.29. The van der Waals surface area contributed by atoms with E-state index in [2.05, 4.69) is 31.3 Å². The third-order valence-electron chi connectivity index (χ3n) is 2.08. The number of nitrogens with one attached hydrogen (secondary N) is 1. The van der Waals surface area contributed by atoms with Gasteiger partial charge < -0.3 is 5.32 Å². The molecule has 1 aromatic carbocycles. The van der Waals surface area contributed by atoms with E-state index in [-0.39, 0.29) is 0 Å². The van der Waals surface area contributed by atoms with Gasteiger partial charge in [-0.2, -0.15) is 0 Å². The van der Waals surface area contributed by atoms with Gasteiger partial charge in [-0.05, 0) is 31.0 Å². The molecule has 0 bridgehead atoms. The van der Waals surface area contributed by atoms with Crippen LogP contribution in [0, 0.1) is 13.8 Å². The number of benzene rings is 1. The second kappa shape index (κ2) is 3.02. The predicted molar refractivity (Wildman–Crippen MR) is 55.1 cm³/mol. The number of hydrogen-bond donors (Lipinski definition) is 1. The van der Waals surface area contributed by atoms with Crippen molar-refractivity contribution in [1.29, 1.82) is 0 Å². The third-order valence-corrected chi connectivity index (χ3v) is 3.32. The highest BCUT2D eigenvalue weighted by molar-refractivity contribution is 7.99. The van der Waals surface area contributed by atoms with E-state index in [0.29, 0.717) is 0 Å². The first-order valence-electron chi connectivity index (χ1n) is 4.25. The minimum Gasteiger partial charge on any atom is -0.383 e. The molecule has 2 rings (SSSR count). The molecule has 1 nitrogen and oxygen atoms in total. The summed E-state index contributed by atoms with van der Waals surface area (Å²) in [4.78, 5) is 1.44. The maximum Gasteiger partial charge on any atom is 0.0484 e. The van der Waals surface area contributed by atoms with E-state index in [1.165, 1.54) is 27.5 Å². The van der Waals surface area contributed by atoms with E-state index in [4.69, 9.17) is 0 Å². The Kier molecular flexibility index (Phi) is 2.01. The van der Waals surface area contributed by atoms with Crippen LogP contribution in [-0.4, -0.2) is 12.3 Å². The van der Waals surface area contributed by atoms with Crippen LogP contribution < -0.4 is 5.32 Å². The maximum atomic E-state index is 3.42. The fourth-order valence-corrected chi connectivity index (χ4v) is 2.60. The largest absolute Gasteiger partial charge is 0.383 e. The van der Waals surface area contributed by atoms with E-state index in [9.17, 15) is 0 Å². The molecule has 0 amide bonds. The average Bonchev–Trinajstić information content (AvgIpc) is 2.04. The average molecular weight is 179 g/mol. The molecule has 1 aliphatic heterocycles. The molecule has 0 aliphatic carbocycles. The zero-order valence-electron chi connectivity index (χ0n) is 7.48. The van der Waals surface area contributed by atoms with Gasteiger partial charge in [-0.25, -0.2) is 0 Å². The van der Waals surface area contributed by atoms with E-state index in [1.807, 2.05) is 11.8 Å². The molecule has 0 fully saturated rings. The van der Waals surface area contributed by atoms with Crippen molar-refractivity contribution in [2.24, 2.45) is 0 Å². The standard InChI is InChI=1S/C10H13NS/c1-7-5-8(2)10-9(6-7)11-3-4-12-10/h5-6,11H,3-4H2,1-2H3. The number of fused-ring (bicyclic) bond motifs is 1. The molecule has 2 heteroatoms. The molecule has 0 atom stereocenters. The van der Waals surface area contributed by atoms with Crippen molar-refractivity contribution in [3.63, 3.8) is 0 Å². The topological polar surface area (TPSA) is 12.0 Å². The van der Waals surface area contributed by atoms with Gasteiger partial charge in [-0.15, -0.1) is 11.8 Å². The maximum absolute atomic E-state index is 3.42. The first kappa shape index (κ1) is 7.99. The van der Waals surface area contributed by atoms with E-state index in [0.717, 1.165) is 6.54 Å². The lowest BCUT2D eigenvalue weighted by molar-refractivity contribution is 1.13. The molecule has 0 unspecified atom stereocenters. The van der Waals surface area contributed by atoms with E-state index >= 15 is 0 Å². The molecule has 1 aliphatic rings. The van der Waals surface area contributed by atoms with Crippen molar-refractivity contribution >= 4 is 17.4 Å². The van der Waals surface area contributed by atoms with Gasteiger partial charge in [-0.1, -0.05) is 6.07 Å². The molecule has 1 aromatic rings. The van der Waals surface area contributed by atoms with Crippen LogP contribution in [0.4, 0.5) is 5.69 Å². The smallest absolute Gasteiger partial charge is 0.0484 e. The van der Waals surface area contributed by atoms with Crippen LogP contribution in [0.2, 0.25) is 0 Å². The minimum absolute atomic E-state index is 1.10. The van der Waals surface area contributed by atoms with Gasteiger partial charge in [0.15, 0.2) is 0 Å². The first-order valence-corrected chi connectivity index (χ1v) is 5.24. The Morgan fingerprint density at radius 2 is 2.17 bits per heavy atom. The van der Waals surface area contributed by atoms with Gasteiger partial charge in [-0.3, -0.25) is 0 Å². The Bertz CT molecular complexity index is 307. The SMILES string of the molecule is Cc1cc(C)c2c(c1)NCCS2. The predicted octanol–water partition coefficient (Wildman–Crippen LogP) is 2.82. The Hall–Kier alpha value is -0.630. The molecule has 0 aromatic heterocycles. The summed E-state index contributed by atoms with van der Waals surface area (Å²) in [6, 6.07) is 4.48. The molecular weight excluding hydrogens is 166 g/mol. The van der Waals surface area contributed by atoms with Crippen LogP contribution in [0.3, 0.4) is 0 Å². The van der Waals surface area contributed by atoms with Gasteiger partial charge in [0.2, 0.25) is 0 Å². The Labute approximate surface area is 77.6 Å². The Balaban J connectivity index is 2.53. The molecule has 0 saturated heterocycles. The van der Waals surface area contributed by atoms with Crippen molar-refractivity contribution < 1.29 is 0 Å². The van der Waals surface area contributed by atoms with Crippen molar-refractivity contribution in [1.82, 2.24) is 0 Å². The molecule has 0 spiro atoms. The van der Waals surface area contributed by atoms with E-state index < -0.39 is 0 Å². The highest BCUT2D eigenvalue weighted by Gasteiger charge is 2.11. The molecule has 0 radical (unpaired) electrons. The fraction of sp³-hybridized carbons (Fsp3) is 0.400. The lowest BCUT2D eigenvalue weighted by Crippen LogP contribution is -2.11. The molecule has 0 saturated carbocycles. The van der Waals surface area contributed by atoms with Gasteiger partial charge >= 0.3 is 0 Å². The summed E-state index contributed by atoms with van der Waals surface area (Å²) in [7, 11) is 0. The van der Waals surface area contributed by atoms with Crippen molar-refractivity contribution in [3.05, 3.63) is 23.3 Å². The van der Waals surface area contributed by atoms with Gasteiger partial charge in [0, 0.05) is 22.9 Å². The number of aryl methyl sites for hydroxylation is 2. The Morgan fingerprint density at radius 3 is 3.00 bits per heavy atom. The van der Waals surface area contributed by atoms with Crippen LogP contribution in [-0.2, 0) is 0 Å². The highest BCUT2D eigenvalue weighted by Crippen LogP contribution is 2.34. The highest BCUT2D eigenvalue weighted by atomic mass is 32.2. The lowest BCUT2D eigenvalue weighted by Gasteiger charge is -2.19. The van der Waals surface area contributed by atoms with E-state index in [1.54, 1.807) is 0 Å². The lowest BCUT2D eigenvalue weighted by atomic mass is 10.1. The van der Waals surface area contributed by atoms with Crippen LogP contribution >= 0.6 is 11.8 Å². The first-order chi connectivity index (χ1) is 5.77. The second-order valence-electron chi connectivity index (χ2n) is 3.23. The fourth-order valence-electron chi connectivity index (χ4n) is 1.62. The van der Waals surface area contributed by atoms with Gasteiger partial charge in [0.25, 0.3) is 0 Å². The molecule has 1 heterocycles. The second-order valence-corrected chi connectivity index (χ2v) is 4.34. The monoisotopic (exact) mass is 179 g/mol. The third kappa shape index (κ3) is 1.31. The van der Waals surface area contributed by atoms with Crippen LogP contribution in [0.25, 0.3) is 0 Å². The summed E-state index contributed by atoms with van der Waals surface area (Å²) in [5, 5.41) is 3.42. The number of rotatable bonds is 0. The van der Waals surface area contributed by atoms with Gasteiger partial charge in [0.1, 0.15) is 0 Å².